The smallest absolute Gasteiger partial charge is 0.188 e. The number of guanidine groups is 1. The van der Waals surface area contributed by atoms with E-state index in [0.717, 1.165) is 57.2 Å². The van der Waals surface area contributed by atoms with Crippen molar-refractivity contribution in [2.45, 2.75) is 13.0 Å². The van der Waals surface area contributed by atoms with E-state index >= 15 is 0 Å². The summed E-state index contributed by atoms with van der Waals surface area (Å²) in [5.41, 5.74) is 6.99. The van der Waals surface area contributed by atoms with Gasteiger partial charge in [0.05, 0.1) is 19.8 Å². The lowest BCUT2D eigenvalue weighted by Crippen LogP contribution is -2.39. The molecule has 1 fully saturated rings. The highest BCUT2D eigenvalue weighted by Gasteiger charge is 2.09. The van der Waals surface area contributed by atoms with Crippen LogP contribution in [0, 0.1) is 0 Å². The van der Waals surface area contributed by atoms with Crippen molar-refractivity contribution in [2.75, 3.05) is 39.4 Å². The molecule has 1 aliphatic rings. The first kappa shape index (κ1) is 20.6. The Morgan fingerprint density at radius 1 is 1.31 bits per heavy atom. The van der Waals surface area contributed by atoms with Crippen molar-refractivity contribution in [1.82, 2.24) is 25.0 Å². The summed E-state index contributed by atoms with van der Waals surface area (Å²) in [6.07, 6.45) is 6.38. The highest BCUT2D eigenvalue weighted by atomic mass is 127. The molecule has 0 radical (unpaired) electrons. The number of hydrogen-bond acceptors (Lipinski definition) is 5. The molecule has 142 valence electrons. The van der Waals surface area contributed by atoms with E-state index in [1.807, 2.05) is 24.4 Å². The molecular formula is C17H26IN7O. The maximum absolute atomic E-state index is 5.95. The summed E-state index contributed by atoms with van der Waals surface area (Å²) in [7, 11) is 0. The zero-order valence-corrected chi connectivity index (χ0v) is 17.1. The number of pyridine rings is 1. The van der Waals surface area contributed by atoms with Crippen LogP contribution in [0.5, 0.6) is 0 Å². The Balaban J connectivity index is 0.00000243. The van der Waals surface area contributed by atoms with Gasteiger partial charge in [0.15, 0.2) is 11.8 Å². The summed E-state index contributed by atoms with van der Waals surface area (Å²) in [5, 5.41) is 7.35. The normalized spacial score (nSPS) is 15.5. The number of ether oxygens (including phenoxy) is 1. The van der Waals surface area contributed by atoms with Crippen LogP contribution >= 0.6 is 24.0 Å². The zero-order chi connectivity index (χ0) is 17.3. The molecule has 3 N–H and O–H groups in total. The van der Waals surface area contributed by atoms with Gasteiger partial charge in [0, 0.05) is 38.2 Å². The number of nitrogens with one attached hydrogen (secondary N) is 1. The molecule has 0 spiro atoms. The number of nitrogens with two attached hydrogens (primary N) is 1. The summed E-state index contributed by atoms with van der Waals surface area (Å²) >= 11 is 0. The van der Waals surface area contributed by atoms with Crippen LogP contribution in [0.25, 0.3) is 5.82 Å². The maximum atomic E-state index is 5.95. The monoisotopic (exact) mass is 471 g/mol. The second-order valence-electron chi connectivity index (χ2n) is 5.91. The molecule has 26 heavy (non-hydrogen) atoms. The Kier molecular flexibility index (Phi) is 8.78. The quantitative estimate of drug-likeness (QED) is 0.271. The molecule has 0 bridgehead atoms. The van der Waals surface area contributed by atoms with E-state index < -0.39 is 0 Å². The zero-order valence-electron chi connectivity index (χ0n) is 14.8. The van der Waals surface area contributed by atoms with Crippen LogP contribution in [0.4, 0.5) is 0 Å². The van der Waals surface area contributed by atoms with E-state index in [0.29, 0.717) is 12.5 Å². The molecule has 0 saturated carbocycles. The lowest BCUT2D eigenvalue weighted by atomic mass is 10.2. The fourth-order valence-corrected chi connectivity index (χ4v) is 2.66. The third kappa shape index (κ3) is 6.54. The molecule has 0 aliphatic carbocycles. The fourth-order valence-electron chi connectivity index (χ4n) is 2.66. The van der Waals surface area contributed by atoms with Gasteiger partial charge >= 0.3 is 0 Å². The highest BCUT2D eigenvalue weighted by Crippen LogP contribution is 2.07. The van der Waals surface area contributed by atoms with Gasteiger partial charge in [0.25, 0.3) is 0 Å². The van der Waals surface area contributed by atoms with Gasteiger partial charge in [0.2, 0.25) is 0 Å². The molecule has 9 heteroatoms. The SMILES string of the molecule is I.NC(=NCc1ccnc(-n2cccn2)c1)NCCCN1CCOCC1. The van der Waals surface area contributed by atoms with Crippen molar-refractivity contribution in [2.24, 2.45) is 10.7 Å². The molecule has 1 saturated heterocycles. The second-order valence-corrected chi connectivity index (χ2v) is 5.91. The number of aliphatic imine (C=N–C) groups is 1. The van der Waals surface area contributed by atoms with E-state index in [-0.39, 0.29) is 24.0 Å². The average Bonchev–Trinajstić information content (AvgIpc) is 3.19. The topological polar surface area (TPSA) is 93.6 Å². The molecule has 0 atom stereocenters. The van der Waals surface area contributed by atoms with Crippen LogP contribution in [0.3, 0.4) is 0 Å². The standard InChI is InChI=1S/C17H25N7O.HI/c18-17(20-4-1-7-23-9-11-25-12-10-23)21-14-15-3-6-19-16(13-15)24-8-2-5-22-24;/h2-3,5-6,8,13H,1,4,7,9-12,14H2,(H3,18,20,21);1H. The van der Waals surface area contributed by atoms with Gasteiger partial charge in [-0.2, -0.15) is 5.10 Å². The number of nitrogens with zero attached hydrogens (tertiary/aromatic N) is 5. The van der Waals surface area contributed by atoms with Gasteiger partial charge in [-0.1, -0.05) is 0 Å². The van der Waals surface area contributed by atoms with Gasteiger partial charge in [0.1, 0.15) is 0 Å². The molecular weight excluding hydrogens is 445 g/mol. The van der Waals surface area contributed by atoms with Crippen molar-refractivity contribution < 1.29 is 4.74 Å². The molecule has 0 unspecified atom stereocenters. The minimum atomic E-state index is 0. The minimum absolute atomic E-state index is 0. The fraction of sp³-hybridized carbons (Fsp3) is 0.471. The summed E-state index contributed by atoms with van der Waals surface area (Å²) < 4.78 is 7.07. The molecule has 3 rings (SSSR count). The summed E-state index contributed by atoms with van der Waals surface area (Å²) in [6.45, 7) is 6.10. The van der Waals surface area contributed by atoms with E-state index in [1.54, 1.807) is 17.1 Å². The number of aromatic nitrogens is 3. The van der Waals surface area contributed by atoms with Crippen molar-refractivity contribution in [1.29, 1.82) is 0 Å². The van der Waals surface area contributed by atoms with Crippen LogP contribution in [0.2, 0.25) is 0 Å². The molecule has 8 nitrogen and oxygen atoms in total. The van der Waals surface area contributed by atoms with Crippen molar-refractivity contribution in [3.63, 3.8) is 0 Å². The third-order valence-corrected chi connectivity index (χ3v) is 4.04. The Morgan fingerprint density at radius 2 is 2.15 bits per heavy atom. The van der Waals surface area contributed by atoms with Gasteiger partial charge in [-0.05, 0) is 36.7 Å². The Hall–Kier alpha value is -1.72. The van der Waals surface area contributed by atoms with Gasteiger partial charge < -0.3 is 15.8 Å². The van der Waals surface area contributed by atoms with E-state index in [2.05, 4.69) is 25.3 Å². The van der Waals surface area contributed by atoms with Gasteiger partial charge in [-0.25, -0.2) is 14.7 Å². The molecule has 2 aromatic heterocycles. The lowest BCUT2D eigenvalue weighted by molar-refractivity contribution is 0.0376. The summed E-state index contributed by atoms with van der Waals surface area (Å²) in [5.74, 6) is 1.24. The third-order valence-electron chi connectivity index (χ3n) is 4.04. The van der Waals surface area contributed by atoms with E-state index in [1.165, 1.54) is 0 Å². The lowest BCUT2D eigenvalue weighted by Gasteiger charge is -2.26. The number of morpholine rings is 1. The number of rotatable bonds is 7. The molecule has 1 aliphatic heterocycles. The first-order chi connectivity index (χ1) is 12.3. The van der Waals surface area contributed by atoms with Crippen LogP contribution in [0.15, 0.2) is 41.8 Å². The van der Waals surface area contributed by atoms with Crippen molar-refractivity contribution in [3.05, 3.63) is 42.4 Å². The Morgan fingerprint density at radius 3 is 2.92 bits per heavy atom. The Labute approximate surface area is 170 Å². The first-order valence-electron chi connectivity index (χ1n) is 8.60. The predicted molar refractivity (Wildman–Crippen MR) is 112 cm³/mol. The second kappa shape index (κ2) is 11.1. The van der Waals surface area contributed by atoms with Gasteiger partial charge in [-0.15, -0.1) is 24.0 Å². The van der Waals surface area contributed by atoms with E-state index in [4.69, 9.17) is 10.5 Å². The highest BCUT2D eigenvalue weighted by molar-refractivity contribution is 14.0. The van der Waals surface area contributed by atoms with E-state index in [9.17, 15) is 0 Å². The van der Waals surface area contributed by atoms with Crippen LogP contribution in [-0.4, -0.2) is 65.0 Å². The van der Waals surface area contributed by atoms with Gasteiger partial charge in [-0.3, -0.25) is 4.90 Å². The van der Waals surface area contributed by atoms with Crippen molar-refractivity contribution in [3.8, 4) is 5.82 Å². The van der Waals surface area contributed by atoms with Crippen molar-refractivity contribution >= 4 is 29.9 Å². The summed E-state index contributed by atoms with van der Waals surface area (Å²) in [6, 6.07) is 5.76. The predicted octanol–water partition coefficient (Wildman–Crippen LogP) is 1.01. The Bertz CT molecular complexity index is 672. The van der Waals surface area contributed by atoms with Crippen LogP contribution in [-0.2, 0) is 11.3 Å². The average molecular weight is 471 g/mol. The molecule has 2 aromatic rings. The van der Waals surface area contributed by atoms with Crippen LogP contribution < -0.4 is 11.1 Å². The number of halogens is 1. The molecule has 3 heterocycles. The summed E-state index contributed by atoms with van der Waals surface area (Å²) in [4.78, 5) is 11.1. The first-order valence-corrected chi connectivity index (χ1v) is 8.60. The maximum Gasteiger partial charge on any atom is 0.188 e. The minimum Gasteiger partial charge on any atom is -0.379 e. The molecule has 0 amide bonds. The largest absolute Gasteiger partial charge is 0.379 e. The molecule has 0 aromatic carbocycles. The van der Waals surface area contributed by atoms with Crippen LogP contribution in [0.1, 0.15) is 12.0 Å². The number of hydrogen-bond donors (Lipinski definition) is 2.